The molecule has 0 aromatic heterocycles. The van der Waals surface area contributed by atoms with Crippen molar-refractivity contribution in [1.82, 2.24) is 0 Å². The molecule has 0 aromatic carbocycles. The van der Waals surface area contributed by atoms with Crippen molar-refractivity contribution in [2.45, 2.75) is 73.3 Å². The summed E-state index contributed by atoms with van der Waals surface area (Å²) in [6.07, 6.45) is 17.2. The summed E-state index contributed by atoms with van der Waals surface area (Å²) in [6, 6.07) is 0.503. The number of fused-ring (bicyclic) bond motifs is 2. The van der Waals surface area contributed by atoms with Crippen LogP contribution in [0.3, 0.4) is 0 Å². The van der Waals surface area contributed by atoms with Gasteiger partial charge in [0.1, 0.15) is 12.6 Å². The molecular weight excluding hydrogens is 338 g/mol. The zero-order valence-electron chi connectivity index (χ0n) is 19.4. The van der Waals surface area contributed by atoms with Crippen molar-refractivity contribution in [2.24, 2.45) is 23.2 Å². The zero-order valence-corrected chi connectivity index (χ0v) is 19.4. The van der Waals surface area contributed by atoms with Crippen molar-refractivity contribution in [1.29, 1.82) is 0 Å². The highest BCUT2D eigenvalue weighted by Gasteiger charge is 2.47. The molecule has 0 bridgehead atoms. The Labute approximate surface area is 174 Å². The lowest BCUT2D eigenvalue weighted by molar-refractivity contribution is -0.862. The summed E-state index contributed by atoms with van der Waals surface area (Å²) in [7, 11) is 2.43. The smallest absolute Gasteiger partial charge is 0.139 e. The van der Waals surface area contributed by atoms with Crippen LogP contribution in [0.25, 0.3) is 0 Å². The third-order valence-electron chi connectivity index (χ3n) is 8.32. The lowest BCUT2D eigenvalue weighted by atomic mass is 9.68. The summed E-state index contributed by atoms with van der Waals surface area (Å²) in [4.78, 5) is 0. The van der Waals surface area contributed by atoms with E-state index in [1.165, 1.54) is 32.2 Å². The van der Waals surface area contributed by atoms with Gasteiger partial charge in [0.2, 0.25) is 0 Å². The summed E-state index contributed by atoms with van der Waals surface area (Å²) in [5.41, 5.74) is 6.74. The first kappa shape index (κ1) is 21.4. The largest absolute Gasteiger partial charge is 0.287 e. The molecule has 0 spiro atoms. The van der Waals surface area contributed by atoms with Gasteiger partial charge < -0.3 is 0 Å². The molecule has 0 saturated carbocycles. The molecule has 4 atom stereocenters. The van der Waals surface area contributed by atoms with Crippen LogP contribution in [0.2, 0.25) is 0 Å². The van der Waals surface area contributed by atoms with Crippen molar-refractivity contribution in [2.75, 3.05) is 13.6 Å². The average Bonchev–Trinajstić information content (AvgIpc) is 2.99. The molecule has 3 rings (SSSR count). The molecule has 0 saturated heterocycles. The van der Waals surface area contributed by atoms with Crippen LogP contribution in [0.5, 0.6) is 0 Å². The van der Waals surface area contributed by atoms with Crippen LogP contribution in [0, 0.1) is 23.2 Å². The molecule has 1 aliphatic carbocycles. The number of hydrogen-bond acceptors (Lipinski definition) is 0. The Morgan fingerprint density at radius 3 is 2.54 bits per heavy atom. The second-order valence-electron chi connectivity index (χ2n) is 10.3. The van der Waals surface area contributed by atoms with Crippen LogP contribution in [0.15, 0.2) is 59.4 Å². The van der Waals surface area contributed by atoms with Gasteiger partial charge in [0.05, 0.1) is 13.2 Å². The molecule has 0 radical (unpaired) electrons. The highest BCUT2D eigenvalue weighted by atomic mass is 15.4. The highest BCUT2D eigenvalue weighted by molar-refractivity contribution is 5.49. The van der Waals surface area contributed by atoms with E-state index < -0.39 is 0 Å². The van der Waals surface area contributed by atoms with Gasteiger partial charge in [-0.1, -0.05) is 53.7 Å². The molecule has 154 valence electrons. The summed E-state index contributed by atoms with van der Waals surface area (Å²) < 4.78 is 1.04. The van der Waals surface area contributed by atoms with Crippen molar-refractivity contribution in [3.63, 3.8) is 0 Å². The van der Waals surface area contributed by atoms with Crippen LogP contribution in [-0.2, 0) is 0 Å². The predicted octanol–water partition coefficient (Wildman–Crippen LogP) is 7.21. The summed E-state index contributed by atoms with van der Waals surface area (Å²) >= 11 is 0. The number of hydrogen-bond donors (Lipinski definition) is 0. The normalized spacial score (nSPS) is 29.2. The molecule has 0 amide bonds. The number of allylic oxidation sites excluding steroid dienone is 4. The second-order valence-corrected chi connectivity index (χ2v) is 10.3. The molecule has 0 aromatic rings. The molecule has 0 fully saturated rings. The Bertz CT molecular complexity index is 740. The lowest BCUT2D eigenvalue weighted by Crippen LogP contribution is -2.46. The van der Waals surface area contributed by atoms with Crippen molar-refractivity contribution >= 4 is 0 Å². The Balaban J connectivity index is 1.98. The summed E-state index contributed by atoms with van der Waals surface area (Å²) in [5.74, 6) is 1.83. The first-order chi connectivity index (χ1) is 13.2. The summed E-state index contributed by atoms with van der Waals surface area (Å²) in [6.45, 7) is 19.5. The Morgan fingerprint density at radius 1 is 1.25 bits per heavy atom. The Kier molecular flexibility index (Phi) is 5.97. The van der Waals surface area contributed by atoms with Crippen LogP contribution in [0.1, 0.15) is 67.2 Å². The molecule has 2 aliphatic heterocycles. The second kappa shape index (κ2) is 7.82. The van der Waals surface area contributed by atoms with Crippen LogP contribution in [-0.4, -0.2) is 24.1 Å². The van der Waals surface area contributed by atoms with E-state index in [1.54, 1.807) is 22.3 Å². The monoisotopic (exact) mass is 380 g/mol. The number of likely N-dealkylation sites (N-methyl/N-ethyl adjacent to an activating group) is 1. The van der Waals surface area contributed by atoms with Gasteiger partial charge in [0, 0.05) is 5.57 Å². The van der Waals surface area contributed by atoms with Crippen molar-refractivity contribution in [3.8, 4) is 0 Å². The number of rotatable bonds is 7. The van der Waals surface area contributed by atoms with Crippen LogP contribution in [0.4, 0.5) is 0 Å². The first-order valence-corrected chi connectivity index (χ1v) is 11.5. The quantitative estimate of drug-likeness (QED) is 0.323. The summed E-state index contributed by atoms with van der Waals surface area (Å²) in [5, 5.41) is 0. The maximum Gasteiger partial charge on any atom is 0.139 e. The van der Waals surface area contributed by atoms with Gasteiger partial charge >= 0.3 is 0 Å². The minimum absolute atomic E-state index is 0.151. The van der Waals surface area contributed by atoms with Crippen molar-refractivity contribution < 1.29 is 4.48 Å². The maximum atomic E-state index is 4.12. The van der Waals surface area contributed by atoms with E-state index in [9.17, 15) is 0 Å². The maximum absolute atomic E-state index is 4.12. The number of quaternary nitrogens is 1. The van der Waals surface area contributed by atoms with Crippen LogP contribution < -0.4 is 0 Å². The minimum Gasteiger partial charge on any atom is -0.287 e. The Hall–Kier alpha value is -1.34. The molecule has 0 N–H and O–H groups in total. The predicted molar refractivity (Wildman–Crippen MR) is 123 cm³/mol. The van der Waals surface area contributed by atoms with Gasteiger partial charge in [-0.05, 0) is 77.7 Å². The van der Waals surface area contributed by atoms with E-state index in [-0.39, 0.29) is 5.41 Å². The SMILES string of the molecule is C=CC(C)(C)C(C)C(C)C1=CCCC2=C1C1C=C(C(CC)CC)C=C[N+]1(C)C2. The number of nitrogens with zero attached hydrogens (tertiary/aromatic N) is 1. The molecule has 2 heterocycles. The van der Waals surface area contributed by atoms with Gasteiger partial charge in [0.15, 0.2) is 0 Å². The fraction of sp³-hybridized carbons (Fsp3) is 0.630. The van der Waals surface area contributed by atoms with E-state index >= 15 is 0 Å². The van der Waals surface area contributed by atoms with E-state index in [2.05, 4.69) is 85.7 Å². The molecule has 28 heavy (non-hydrogen) atoms. The molecular formula is C27H42N+. The minimum atomic E-state index is 0.151. The first-order valence-electron chi connectivity index (χ1n) is 11.5. The van der Waals surface area contributed by atoms with Gasteiger partial charge in [0.25, 0.3) is 0 Å². The van der Waals surface area contributed by atoms with Crippen LogP contribution >= 0.6 is 0 Å². The van der Waals surface area contributed by atoms with E-state index in [0.717, 1.165) is 4.48 Å². The highest BCUT2D eigenvalue weighted by Crippen LogP contribution is 2.48. The average molecular weight is 381 g/mol. The fourth-order valence-corrected chi connectivity index (χ4v) is 5.66. The molecule has 1 heteroatoms. The zero-order chi connectivity index (χ0) is 20.7. The van der Waals surface area contributed by atoms with Gasteiger partial charge in [-0.2, -0.15) is 0 Å². The standard InChI is InChI=1S/C27H42N/c1-9-21(10-2)22-15-16-28(8)18-23-13-12-14-24(26(23)25(28)17-22)19(4)20(5)27(6,7)11-3/h11,14-17,19-21,25H,3,9-10,12-13,18H2,1-2,4-8H3/q+1. The fourth-order valence-electron chi connectivity index (χ4n) is 5.66. The van der Waals surface area contributed by atoms with Gasteiger partial charge in [-0.3, -0.25) is 4.48 Å². The van der Waals surface area contributed by atoms with Crippen molar-refractivity contribution in [3.05, 3.63) is 59.4 Å². The molecule has 4 unspecified atom stereocenters. The third-order valence-corrected chi connectivity index (χ3v) is 8.32. The topological polar surface area (TPSA) is 0 Å². The third kappa shape index (κ3) is 3.52. The molecule has 3 aliphatic rings. The van der Waals surface area contributed by atoms with E-state index in [1.807, 2.05) is 0 Å². The lowest BCUT2D eigenvalue weighted by Gasteiger charge is -2.39. The van der Waals surface area contributed by atoms with E-state index in [0.29, 0.717) is 23.8 Å². The van der Waals surface area contributed by atoms with E-state index in [4.69, 9.17) is 0 Å². The van der Waals surface area contributed by atoms with Gasteiger partial charge in [-0.15, -0.1) is 6.58 Å². The molecule has 1 nitrogen and oxygen atoms in total. The Morgan fingerprint density at radius 2 is 1.93 bits per heavy atom. The van der Waals surface area contributed by atoms with Gasteiger partial charge in [-0.25, -0.2) is 0 Å².